The highest BCUT2D eigenvalue weighted by Gasteiger charge is 2.17. The molecule has 0 atom stereocenters. The van der Waals surface area contributed by atoms with Gasteiger partial charge in [-0.05, 0) is 45.3 Å². The van der Waals surface area contributed by atoms with Gasteiger partial charge in [0.2, 0.25) is 6.41 Å². The summed E-state index contributed by atoms with van der Waals surface area (Å²) in [4.78, 5) is 25.3. The van der Waals surface area contributed by atoms with Crippen molar-refractivity contribution >= 4 is 12.3 Å². The Hall–Kier alpha value is -1.62. The lowest BCUT2D eigenvalue weighted by molar-refractivity contribution is 0.0948. The number of hydrogen-bond donors (Lipinski definition) is 1. The molecule has 0 saturated carbocycles. The van der Waals surface area contributed by atoms with Crippen molar-refractivity contribution in [1.82, 2.24) is 14.8 Å². The number of carbonyl (C=O) groups excluding carboxylic acids is 2. The lowest BCUT2D eigenvalue weighted by Gasteiger charge is -2.14. The minimum Gasteiger partial charge on any atom is -0.351 e. The predicted molar refractivity (Wildman–Crippen MR) is 74.1 cm³/mol. The van der Waals surface area contributed by atoms with E-state index in [4.69, 9.17) is 0 Å². The van der Waals surface area contributed by atoms with Crippen LogP contribution in [0.4, 0.5) is 0 Å². The predicted octanol–water partition coefficient (Wildman–Crippen LogP) is 0.969. The van der Waals surface area contributed by atoms with E-state index in [0.29, 0.717) is 17.8 Å². The maximum Gasteiger partial charge on any atom is 0.253 e. The second-order valence-electron chi connectivity index (χ2n) is 5.09. The monoisotopic (exact) mass is 263 g/mol. The van der Waals surface area contributed by atoms with E-state index in [2.05, 4.69) is 10.2 Å². The van der Waals surface area contributed by atoms with Gasteiger partial charge < -0.3 is 10.2 Å². The summed E-state index contributed by atoms with van der Waals surface area (Å²) in [6.07, 6.45) is 4.93. The number of carbonyl (C=O) groups is 2. The van der Waals surface area contributed by atoms with Gasteiger partial charge in [0.05, 0.1) is 5.56 Å². The van der Waals surface area contributed by atoms with E-state index in [0.717, 1.165) is 31.6 Å². The number of nitrogens with one attached hydrogen (secondary N) is 1. The number of aryl methyl sites for hydroxylation is 1. The molecule has 2 heterocycles. The average Bonchev–Trinajstić information content (AvgIpc) is 2.97. The van der Waals surface area contributed by atoms with Gasteiger partial charge in [-0.2, -0.15) is 0 Å². The normalized spacial score (nSPS) is 15.7. The van der Waals surface area contributed by atoms with Crippen LogP contribution in [-0.2, 0) is 4.79 Å². The fourth-order valence-corrected chi connectivity index (χ4v) is 2.66. The van der Waals surface area contributed by atoms with Gasteiger partial charge in [-0.1, -0.05) is 0 Å². The molecule has 19 heavy (non-hydrogen) atoms. The number of rotatable bonds is 5. The first-order valence-electron chi connectivity index (χ1n) is 6.77. The fourth-order valence-electron chi connectivity index (χ4n) is 2.66. The molecule has 2 rings (SSSR count). The molecule has 1 aliphatic rings. The largest absolute Gasteiger partial charge is 0.351 e. The van der Waals surface area contributed by atoms with E-state index in [1.807, 2.05) is 6.92 Å². The summed E-state index contributed by atoms with van der Waals surface area (Å²) in [6, 6.07) is 0. The maximum absolute atomic E-state index is 12.1. The quantitative estimate of drug-likeness (QED) is 0.805. The van der Waals surface area contributed by atoms with E-state index in [-0.39, 0.29) is 5.91 Å². The van der Waals surface area contributed by atoms with Crippen LogP contribution in [0.25, 0.3) is 0 Å². The molecule has 1 amide bonds. The molecule has 0 spiro atoms. The number of nitrogens with zero attached hydrogens (tertiary/aromatic N) is 2. The van der Waals surface area contributed by atoms with Crippen LogP contribution in [0.5, 0.6) is 0 Å². The van der Waals surface area contributed by atoms with E-state index < -0.39 is 0 Å². The minimum atomic E-state index is -0.0882. The van der Waals surface area contributed by atoms with Crippen LogP contribution in [-0.4, -0.2) is 48.0 Å². The minimum absolute atomic E-state index is 0.0882. The summed E-state index contributed by atoms with van der Waals surface area (Å²) in [5, 5.41) is 2.94. The van der Waals surface area contributed by atoms with E-state index in [1.165, 1.54) is 17.4 Å². The molecule has 0 radical (unpaired) electrons. The van der Waals surface area contributed by atoms with Gasteiger partial charge in [0, 0.05) is 25.0 Å². The zero-order chi connectivity index (χ0) is 13.8. The molecule has 5 nitrogen and oxygen atoms in total. The van der Waals surface area contributed by atoms with E-state index in [9.17, 15) is 9.59 Å². The third-order valence-corrected chi connectivity index (χ3v) is 3.73. The number of hydrogen-bond acceptors (Lipinski definition) is 3. The molecule has 0 bridgehead atoms. The summed E-state index contributed by atoms with van der Waals surface area (Å²) in [6.45, 7) is 7.46. The smallest absolute Gasteiger partial charge is 0.253 e. The standard InChI is InChI=1S/C14H21N3O2/c1-11-9-17(10-18)12(2)13(11)14(19)15-5-8-16-6-3-4-7-16/h9-10H,3-8H2,1-2H3,(H,15,19). The van der Waals surface area contributed by atoms with Crippen molar-refractivity contribution < 1.29 is 9.59 Å². The summed E-state index contributed by atoms with van der Waals surface area (Å²) < 4.78 is 1.45. The van der Waals surface area contributed by atoms with Crippen molar-refractivity contribution in [3.8, 4) is 0 Å². The van der Waals surface area contributed by atoms with E-state index >= 15 is 0 Å². The Labute approximate surface area is 113 Å². The molecular formula is C14H21N3O2. The number of aromatic nitrogens is 1. The van der Waals surface area contributed by atoms with Gasteiger partial charge in [0.25, 0.3) is 5.91 Å². The molecule has 1 fully saturated rings. The van der Waals surface area contributed by atoms with Crippen molar-refractivity contribution in [3.63, 3.8) is 0 Å². The Balaban J connectivity index is 1.92. The van der Waals surface area contributed by atoms with Crippen LogP contribution in [0.1, 0.15) is 34.5 Å². The Morgan fingerprint density at radius 3 is 2.63 bits per heavy atom. The van der Waals surface area contributed by atoms with Gasteiger partial charge in [-0.15, -0.1) is 0 Å². The van der Waals surface area contributed by atoms with Crippen molar-refractivity contribution in [1.29, 1.82) is 0 Å². The number of amides is 1. The maximum atomic E-state index is 12.1. The summed E-state index contributed by atoms with van der Waals surface area (Å²) in [7, 11) is 0. The van der Waals surface area contributed by atoms with E-state index in [1.54, 1.807) is 13.1 Å². The Kier molecular flexibility index (Phi) is 4.37. The molecule has 104 valence electrons. The highest BCUT2D eigenvalue weighted by molar-refractivity contribution is 5.97. The van der Waals surface area contributed by atoms with Crippen LogP contribution < -0.4 is 5.32 Å². The molecule has 1 aromatic rings. The summed E-state index contributed by atoms with van der Waals surface area (Å²) in [5.41, 5.74) is 2.16. The van der Waals surface area contributed by atoms with Gasteiger partial charge in [0.15, 0.2) is 0 Å². The lowest BCUT2D eigenvalue weighted by atomic mass is 10.1. The van der Waals surface area contributed by atoms with Gasteiger partial charge in [-0.25, -0.2) is 0 Å². The van der Waals surface area contributed by atoms with Gasteiger partial charge in [0.1, 0.15) is 0 Å². The Bertz CT molecular complexity index is 473. The summed E-state index contributed by atoms with van der Waals surface area (Å²) in [5.74, 6) is -0.0882. The molecule has 1 aliphatic heterocycles. The second-order valence-corrected chi connectivity index (χ2v) is 5.09. The molecule has 5 heteroatoms. The van der Waals surface area contributed by atoms with Crippen LogP contribution in [0.2, 0.25) is 0 Å². The molecule has 1 saturated heterocycles. The first kappa shape index (κ1) is 13.8. The summed E-state index contributed by atoms with van der Waals surface area (Å²) >= 11 is 0. The average molecular weight is 263 g/mol. The topological polar surface area (TPSA) is 54.3 Å². The zero-order valence-electron chi connectivity index (χ0n) is 11.6. The van der Waals surface area contributed by atoms with Crippen LogP contribution in [0.3, 0.4) is 0 Å². The number of likely N-dealkylation sites (tertiary alicyclic amines) is 1. The van der Waals surface area contributed by atoms with Crippen molar-refractivity contribution in [2.45, 2.75) is 26.7 Å². The fraction of sp³-hybridized carbons (Fsp3) is 0.571. The SMILES string of the molecule is Cc1cn(C=O)c(C)c1C(=O)NCCN1CCCC1. The van der Waals surface area contributed by atoms with Crippen molar-refractivity contribution in [2.24, 2.45) is 0 Å². The first-order chi connectivity index (χ1) is 9.13. The molecular weight excluding hydrogens is 242 g/mol. The lowest BCUT2D eigenvalue weighted by Crippen LogP contribution is -2.33. The van der Waals surface area contributed by atoms with Crippen LogP contribution >= 0.6 is 0 Å². The van der Waals surface area contributed by atoms with Crippen molar-refractivity contribution in [2.75, 3.05) is 26.2 Å². The van der Waals surface area contributed by atoms with Crippen LogP contribution in [0.15, 0.2) is 6.20 Å². The van der Waals surface area contributed by atoms with Crippen LogP contribution in [0, 0.1) is 13.8 Å². The Morgan fingerprint density at radius 2 is 2.05 bits per heavy atom. The molecule has 1 N–H and O–H groups in total. The highest BCUT2D eigenvalue weighted by atomic mass is 16.2. The third kappa shape index (κ3) is 3.04. The van der Waals surface area contributed by atoms with Crippen molar-refractivity contribution in [3.05, 3.63) is 23.0 Å². The molecule has 0 unspecified atom stereocenters. The molecule has 0 aromatic carbocycles. The second kappa shape index (κ2) is 6.02. The first-order valence-corrected chi connectivity index (χ1v) is 6.77. The third-order valence-electron chi connectivity index (χ3n) is 3.73. The van der Waals surface area contributed by atoms with Gasteiger partial charge >= 0.3 is 0 Å². The molecule has 0 aliphatic carbocycles. The highest BCUT2D eigenvalue weighted by Crippen LogP contribution is 2.14. The van der Waals surface area contributed by atoms with Gasteiger partial charge in [-0.3, -0.25) is 14.2 Å². The Morgan fingerprint density at radius 1 is 1.37 bits per heavy atom. The molecule has 1 aromatic heterocycles. The zero-order valence-corrected chi connectivity index (χ0v) is 11.6.